The van der Waals surface area contributed by atoms with E-state index in [0.717, 1.165) is 5.88 Å². The zero-order valence-corrected chi connectivity index (χ0v) is 3.43. The Bertz CT molecular complexity index is 54.7. The van der Waals surface area contributed by atoms with E-state index in [-0.39, 0.29) is 0 Å². The Morgan fingerprint density at radius 3 is 2.40 bits per heavy atom. The molecule has 2 N–H and O–H groups in total. The molecular formula is C2H4N2S. The molecule has 0 atom stereocenters. The van der Waals surface area contributed by atoms with Crippen LogP contribution >= 0.6 is 11.8 Å². The van der Waals surface area contributed by atoms with Crippen molar-refractivity contribution in [1.29, 1.82) is 5.41 Å². The molecule has 1 aliphatic rings. The zero-order chi connectivity index (χ0) is 3.70. The van der Waals surface area contributed by atoms with Gasteiger partial charge in [-0.3, -0.25) is 5.41 Å². The van der Waals surface area contributed by atoms with Crippen molar-refractivity contribution in [2.75, 3.05) is 5.88 Å². The van der Waals surface area contributed by atoms with Gasteiger partial charge in [0.2, 0.25) is 0 Å². The highest BCUT2D eigenvalue weighted by Gasteiger charge is 2.03. The van der Waals surface area contributed by atoms with Crippen molar-refractivity contribution >= 4 is 16.9 Å². The second-order valence-corrected chi connectivity index (χ2v) is 1.78. The van der Waals surface area contributed by atoms with Gasteiger partial charge in [-0.15, -0.1) is 0 Å². The highest BCUT2D eigenvalue weighted by molar-refractivity contribution is 8.15. The van der Waals surface area contributed by atoms with E-state index in [9.17, 15) is 0 Å². The Kier molecular flexibility index (Phi) is 0.543. The summed E-state index contributed by atoms with van der Waals surface area (Å²) < 4.78 is 0. The van der Waals surface area contributed by atoms with Crippen molar-refractivity contribution in [3.05, 3.63) is 0 Å². The normalized spacial score (nSPS) is 20.4. The van der Waals surface area contributed by atoms with E-state index in [1.54, 1.807) is 0 Å². The third-order valence-corrected chi connectivity index (χ3v) is 1.17. The standard InChI is InChI=1S/C2H4N2S/c3-2-4-1-5-2/h1H2,(H2,3,4). The summed E-state index contributed by atoms with van der Waals surface area (Å²) in [5.41, 5.74) is 0. The summed E-state index contributed by atoms with van der Waals surface area (Å²) >= 11 is 1.53. The SMILES string of the molecule is N=C1NCS1. The van der Waals surface area contributed by atoms with E-state index in [1.807, 2.05) is 0 Å². The van der Waals surface area contributed by atoms with Crippen molar-refractivity contribution in [2.24, 2.45) is 0 Å². The molecule has 1 fully saturated rings. The van der Waals surface area contributed by atoms with E-state index in [4.69, 9.17) is 5.41 Å². The molecule has 0 saturated carbocycles. The van der Waals surface area contributed by atoms with Crippen LogP contribution in [0.1, 0.15) is 0 Å². The number of hydrogen-bond acceptors (Lipinski definition) is 2. The zero-order valence-electron chi connectivity index (χ0n) is 2.62. The van der Waals surface area contributed by atoms with Gasteiger partial charge < -0.3 is 5.32 Å². The first kappa shape index (κ1) is 3.03. The summed E-state index contributed by atoms with van der Waals surface area (Å²) in [5.74, 6) is 0.929. The quantitative estimate of drug-likeness (QED) is 0.444. The van der Waals surface area contributed by atoms with Gasteiger partial charge in [0, 0.05) is 0 Å². The number of thioether (sulfide) groups is 1. The van der Waals surface area contributed by atoms with E-state index in [1.165, 1.54) is 11.8 Å². The predicted octanol–water partition coefficient (Wildman–Crippen LogP) is 0.215. The molecule has 28 valence electrons. The molecule has 1 rings (SSSR count). The van der Waals surface area contributed by atoms with E-state index < -0.39 is 0 Å². The lowest BCUT2D eigenvalue weighted by Crippen LogP contribution is -2.30. The highest BCUT2D eigenvalue weighted by Crippen LogP contribution is 2.05. The van der Waals surface area contributed by atoms with Crippen LogP contribution in [0.4, 0.5) is 0 Å². The largest absolute Gasteiger partial charge is 0.356 e. The molecule has 0 aromatic carbocycles. The monoisotopic (exact) mass is 88.0 g/mol. The summed E-state index contributed by atoms with van der Waals surface area (Å²) in [6, 6.07) is 0. The summed E-state index contributed by atoms with van der Waals surface area (Å²) in [5, 5.41) is 10.0. The van der Waals surface area contributed by atoms with Crippen LogP contribution in [0, 0.1) is 5.41 Å². The molecule has 1 aliphatic heterocycles. The van der Waals surface area contributed by atoms with Crippen molar-refractivity contribution in [1.82, 2.24) is 5.32 Å². The first-order valence-corrected chi connectivity index (χ1v) is 2.33. The van der Waals surface area contributed by atoms with Crippen molar-refractivity contribution in [2.45, 2.75) is 0 Å². The fourth-order valence-corrected chi connectivity index (χ4v) is 0.433. The van der Waals surface area contributed by atoms with Crippen LogP contribution in [0.3, 0.4) is 0 Å². The van der Waals surface area contributed by atoms with Gasteiger partial charge in [-0.2, -0.15) is 0 Å². The molecule has 0 radical (unpaired) electrons. The van der Waals surface area contributed by atoms with Crippen LogP contribution in [0.25, 0.3) is 0 Å². The third kappa shape index (κ3) is 0.374. The Morgan fingerprint density at radius 2 is 2.40 bits per heavy atom. The molecule has 0 spiro atoms. The summed E-state index contributed by atoms with van der Waals surface area (Å²) in [4.78, 5) is 0. The van der Waals surface area contributed by atoms with E-state index >= 15 is 0 Å². The number of amidine groups is 1. The fraction of sp³-hybridized carbons (Fsp3) is 0.500. The van der Waals surface area contributed by atoms with Gasteiger partial charge in [-0.25, -0.2) is 0 Å². The minimum absolute atomic E-state index is 0.602. The first-order chi connectivity index (χ1) is 2.39. The van der Waals surface area contributed by atoms with Gasteiger partial charge in [0.25, 0.3) is 0 Å². The molecule has 0 bridgehead atoms. The first-order valence-electron chi connectivity index (χ1n) is 1.35. The van der Waals surface area contributed by atoms with Gasteiger partial charge in [-0.1, -0.05) is 11.8 Å². The lowest BCUT2D eigenvalue weighted by atomic mass is 11.1. The maximum absolute atomic E-state index is 6.68. The minimum atomic E-state index is 0.602. The van der Waals surface area contributed by atoms with Gasteiger partial charge in [0.15, 0.2) is 5.17 Å². The second-order valence-electron chi connectivity index (χ2n) is 0.795. The van der Waals surface area contributed by atoms with Crippen LogP contribution in [-0.2, 0) is 0 Å². The number of rotatable bonds is 0. The fourth-order valence-electron chi connectivity index (χ4n) is 0.144. The molecule has 2 nitrogen and oxygen atoms in total. The average molecular weight is 88.1 g/mol. The smallest absolute Gasteiger partial charge is 0.156 e. The van der Waals surface area contributed by atoms with Gasteiger partial charge in [-0.05, 0) is 0 Å². The van der Waals surface area contributed by atoms with Gasteiger partial charge in [0.05, 0.1) is 5.88 Å². The van der Waals surface area contributed by atoms with Crippen molar-refractivity contribution < 1.29 is 0 Å². The predicted molar refractivity (Wildman–Crippen MR) is 23.3 cm³/mol. The topological polar surface area (TPSA) is 35.9 Å². The van der Waals surface area contributed by atoms with Gasteiger partial charge in [0.1, 0.15) is 0 Å². The minimum Gasteiger partial charge on any atom is -0.356 e. The molecule has 0 aromatic rings. The molecule has 3 heteroatoms. The van der Waals surface area contributed by atoms with Crippen LogP contribution in [0.2, 0.25) is 0 Å². The molecule has 1 heterocycles. The molecule has 0 amide bonds. The molecule has 1 saturated heterocycles. The van der Waals surface area contributed by atoms with Crippen LogP contribution in [0.15, 0.2) is 0 Å². The second kappa shape index (κ2) is 0.897. The number of nitrogens with one attached hydrogen (secondary N) is 2. The number of hydrogen-bond donors (Lipinski definition) is 2. The van der Waals surface area contributed by atoms with Crippen LogP contribution in [0.5, 0.6) is 0 Å². The maximum Gasteiger partial charge on any atom is 0.156 e. The molecule has 0 aromatic heterocycles. The summed E-state index contributed by atoms with van der Waals surface area (Å²) in [7, 11) is 0. The van der Waals surface area contributed by atoms with Crippen molar-refractivity contribution in [3.8, 4) is 0 Å². The summed E-state index contributed by atoms with van der Waals surface area (Å²) in [6.07, 6.45) is 0. The lowest BCUT2D eigenvalue weighted by Gasteiger charge is -2.13. The van der Waals surface area contributed by atoms with Crippen molar-refractivity contribution in [3.63, 3.8) is 0 Å². The highest BCUT2D eigenvalue weighted by atomic mass is 32.2. The third-order valence-electron chi connectivity index (χ3n) is 0.449. The Hall–Kier alpha value is -0.180. The molecule has 5 heavy (non-hydrogen) atoms. The molecule has 0 unspecified atom stereocenters. The Morgan fingerprint density at radius 1 is 2.00 bits per heavy atom. The lowest BCUT2D eigenvalue weighted by molar-refractivity contribution is 1.10. The molecule has 0 aliphatic carbocycles. The van der Waals surface area contributed by atoms with Crippen LogP contribution < -0.4 is 5.32 Å². The molecular weight excluding hydrogens is 84.1 g/mol. The van der Waals surface area contributed by atoms with Crippen LogP contribution in [-0.4, -0.2) is 11.0 Å². The average Bonchev–Trinajstić information content (AvgIpc) is 1.30. The Balaban J connectivity index is 2.32. The van der Waals surface area contributed by atoms with E-state index in [2.05, 4.69) is 5.32 Å². The maximum atomic E-state index is 6.68. The Labute approximate surface area is 34.5 Å². The summed E-state index contributed by atoms with van der Waals surface area (Å²) in [6.45, 7) is 0. The van der Waals surface area contributed by atoms with E-state index in [0.29, 0.717) is 5.17 Å². The van der Waals surface area contributed by atoms with Gasteiger partial charge >= 0.3 is 0 Å².